The van der Waals surface area contributed by atoms with E-state index in [2.05, 4.69) is 34.5 Å². The molecule has 25 heavy (non-hydrogen) atoms. The Kier molecular flexibility index (Phi) is 14.0. The number of carbonyl (C=O) groups is 1. The predicted octanol–water partition coefficient (Wildman–Crippen LogP) is 2.00. The number of amides is 1. The van der Waals surface area contributed by atoms with Crippen molar-refractivity contribution in [2.45, 2.75) is 38.5 Å². The van der Waals surface area contributed by atoms with Crippen molar-refractivity contribution in [3.8, 4) is 0 Å². The summed E-state index contributed by atoms with van der Waals surface area (Å²) >= 11 is 0. The van der Waals surface area contributed by atoms with E-state index in [0.717, 1.165) is 38.5 Å². The van der Waals surface area contributed by atoms with Crippen molar-refractivity contribution < 1.29 is 4.79 Å². The van der Waals surface area contributed by atoms with Gasteiger partial charge < -0.3 is 20.4 Å². The lowest BCUT2D eigenvalue weighted by atomic mass is 9.93. The van der Waals surface area contributed by atoms with Gasteiger partial charge in [-0.15, -0.1) is 24.8 Å². The minimum atomic E-state index is 0. The van der Waals surface area contributed by atoms with Gasteiger partial charge in [-0.2, -0.15) is 0 Å². The third-order valence-electron chi connectivity index (χ3n) is 5.40. The van der Waals surface area contributed by atoms with Crippen molar-refractivity contribution in [1.82, 2.24) is 20.4 Å². The molecule has 2 rings (SSSR count). The molecule has 2 N–H and O–H groups in total. The highest BCUT2D eigenvalue weighted by atomic mass is 35.5. The average Bonchev–Trinajstić information content (AvgIpc) is 2.58. The molecule has 2 aliphatic heterocycles. The third kappa shape index (κ3) is 10.6. The lowest BCUT2D eigenvalue weighted by Crippen LogP contribution is -2.41. The van der Waals surface area contributed by atoms with Crippen LogP contribution in [0.4, 0.5) is 0 Å². The van der Waals surface area contributed by atoms with E-state index >= 15 is 0 Å². The molecule has 0 radical (unpaired) electrons. The molecule has 0 aliphatic carbocycles. The van der Waals surface area contributed by atoms with E-state index < -0.39 is 0 Å². The number of likely N-dealkylation sites (N-methyl/N-ethyl adjacent to an activating group) is 1. The molecule has 0 bridgehead atoms. The number of rotatable bonds is 8. The molecule has 150 valence electrons. The number of hydrogen-bond acceptors (Lipinski definition) is 4. The van der Waals surface area contributed by atoms with E-state index in [1.165, 1.54) is 45.3 Å². The van der Waals surface area contributed by atoms with Gasteiger partial charge in [-0.25, -0.2) is 0 Å². The van der Waals surface area contributed by atoms with Crippen LogP contribution in [0.25, 0.3) is 0 Å². The molecule has 0 aromatic heterocycles. The van der Waals surface area contributed by atoms with E-state index in [9.17, 15) is 4.79 Å². The van der Waals surface area contributed by atoms with Gasteiger partial charge in [-0.05, 0) is 84.2 Å². The Morgan fingerprint density at radius 3 is 2.32 bits per heavy atom. The van der Waals surface area contributed by atoms with Gasteiger partial charge >= 0.3 is 0 Å². The number of carbonyl (C=O) groups excluding carboxylic acids is 1. The van der Waals surface area contributed by atoms with E-state index in [1.54, 1.807) is 0 Å². The molecule has 0 unspecified atom stereocenters. The molecule has 7 heteroatoms. The molecular weight excluding hydrogens is 359 g/mol. The standard InChI is InChI=1S/C18H36N4O.2ClH/c1-21(2)13-14-22-11-7-17(8-12-22)15-20-18(23)4-3-16-5-9-19-10-6-16;;/h16-17,19H,3-15H2,1-2H3,(H,20,23);2*1H. The van der Waals surface area contributed by atoms with Crippen LogP contribution in [-0.2, 0) is 4.79 Å². The van der Waals surface area contributed by atoms with Gasteiger partial charge in [0.15, 0.2) is 0 Å². The fourth-order valence-electron chi connectivity index (χ4n) is 3.61. The van der Waals surface area contributed by atoms with Gasteiger partial charge in [-0.3, -0.25) is 4.79 Å². The number of nitrogens with one attached hydrogen (secondary N) is 2. The highest BCUT2D eigenvalue weighted by Crippen LogP contribution is 2.18. The fraction of sp³-hybridized carbons (Fsp3) is 0.944. The Labute approximate surface area is 166 Å². The minimum Gasteiger partial charge on any atom is -0.356 e. The molecule has 2 saturated heterocycles. The molecule has 2 heterocycles. The summed E-state index contributed by atoms with van der Waals surface area (Å²) in [6.45, 7) is 7.80. The van der Waals surface area contributed by atoms with Gasteiger partial charge in [0, 0.05) is 26.1 Å². The number of likely N-dealkylation sites (tertiary alicyclic amines) is 1. The van der Waals surface area contributed by atoms with Crippen molar-refractivity contribution in [2.24, 2.45) is 11.8 Å². The van der Waals surface area contributed by atoms with Crippen molar-refractivity contribution in [3.63, 3.8) is 0 Å². The molecule has 2 fully saturated rings. The fourth-order valence-corrected chi connectivity index (χ4v) is 3.61. The van der Waals surface area contributed by atoms with Gasteiger partial charge in [-0.1, -0.05) is 0 Å². The van der Waals surface area contributed by atoms with Crippen LogP contribution >= 0.6 is 24.8 Å². The normalized spacial score (nSPS) is 20.0. The maximum absolute atomic E-state index is 12.0. The quantitative estimate of drug-likeness (QED) is 0.658. The first-order valence-corrected chi connectivity index (χ1v) is 9.48. The van der Waals surface area contributed by atoms with Crippen LogP contribution in [-0.4, -0.2) is 75.6 Å². The first-order valence-electron chi connectivity index (χ1n) is 9.48. The first kappa shape index (κ1) is 24.9. The maximum atomic E-state index is 12.0. The maximum Gasteiger partial charge on any atom is 0.220 e. The molecule has 1 amide bonds. The second-order valence-electron chi connectivity index (χ2n) is 7.62. The van der Waals surface area contributed by atoms with Crippen LogP contribution in [0.2, 0.25) is 0 Å². The largest absolute Gasteiger partial charge is 0.356 e. The Morgan fingerprint density at radius 1 is 1.08 bits per heavy atom. The molecular formula is C18H38Cl2N4O. The van der Waals surface area contributed by atoms with Crippen molar-refractivity contribution in [3.05, 3.63) is 0 Å². The second-order valence-corrected chi connectivity index (χ2v) is 7.62. The SMILES string of the molecule is CN(C)CCN1CCC(CNC(=O)CCC2CCNCC2)CC1.Cl.Cl. The van der Waals surface area contributed by atoms with Crippen molar-refractivity contribution in [1.29, 1.82) is 0 Å². The van der Waals surface area contributed by atoms with Gasteiger partial charge in [0.1, 0.15) is 0 Å². The number of halogens is 2. The van der Waals surface area contributed by atoms with Crippen LogP contribution in [0.1, 0.15) is 38.5 Å². The third-order valence-corrected chi connectivity index (χ3v) is 5.40. The summed E-state index contributed by atoms with van der Waals surface area (Å²) < 4.78 is 0. The van der Waals surface area contributed by atoms with Crippen LogP contribution in [0, 0.1) is 11.8 Å². The van der Waals surface area contributed by atoms with Crippen LogP contribution in [0.5, 0.6) is 0 Å². The molecule has 0 aromatic rings. The molecule has 0 saturated carbocycles. The Balaban J connectivity index is 0.00000288. The molecule has 0 atom stereocenters. The second kappa shape index (κ2) is 14.0. The zero-order valence-electron chi connectivity index (χ0n) is 16.0. The predicted molar refractivity (Wildman–Crippen MR) is 110 cm³/mol. The van der Waals surface area contributed by atoms with Gasteiger partial charge in [0.25, 0.3) is 0 Å². The minimum absolute atomic E-state index is 0. The number of hydrogen-bond donors (Lipinski definition) is 2. The molecule has 0 spiro atoms. The average molecular weight is 397 g/mol. The highest BCUT2D eigenvalue weighted by molar-refractivity contribution is 5.85. The Bertz CT molecular complexity index is 344. The summed E-state index contributed by atoms with van der Waals surface area (Å²) in [6, 6.07) is 0. The lowest BCUT2D eigenvalue weighted by molar-refractivity contribution is -0.121. The smallest absolute Gasteiger partial charge is 0.220 e. The molecule has 5 nitrogen and oxygen atoms in total. The summed E-state index contributed by atoms with van der Waals surface area (Å²) in [7, 11) is 4.26. The van der Waals surface area contributed by atoms with E-state index in [-0.39, 0.29) is 30.7 Å². The van der Waals surface area contributed by atoms with E-state index in [4.69, 9.17) is 0 Å². The topological polar surface area (TPSA) is 47.6 Å². The zero-order chi connectivity index (χ0) is 16.5. The molecule has 0 aromatic carbocycles. The summed E-state index contributed by atoms with van der Waals surface area (Å²) in [5, 5.41) is 6.56. The lowest BCUT2D eigenvalue weighted by Gasteiger charge is -2.32. The zero-order valence-corrected chi connectivity index (χ0v) is 17.6. The highest BCUT2D eigenvalue weighted by Gasteiger charge is 2.20. The number of nitrogens with zero attached hydrogens (tertiary/aromatic N) is 2. The summed E-state index contributed by atoms with van der Waals surface area (Å²) in [5.74, 6) is 1.69. The summed E-state index contributed by atoms with van der Waals surface area (Å²) in [5.41, 5.74) is 0. The number of piperidine rings is 2. The van der Waals surface area contributed by atoms with Crippen molar-refractivity contribution in [2.75, 3.05) is 59.9 Å². The van der Waals surface area contributed by atoms with E-state index in [0.29, 0.717) is 12.3 Å². The summed E-state index contributed by atoms with van der Waals surface area (Å²) in [4.78, 5) is 16.8. The van der Waals surface area contributed by atoms with Crippen LogP contribution in [0.15, 0.2) is 0 Å². The first-order chi connectivity index (χ1) is 11.1. The van der Waals surface area contributed by atoms with E-state index in [1.807, 2.05) is 0 Å². The van der Waals surface area contributed by atoms with Crippen LogP contribution < -0.4 is 10.6 Å². The summed E-state index contributed by atoms with van der Waals surface area (Å²) in [6.07, 6.45) is 6.70. The Hall–Kier alpha value is -0.0700. The molecule has 2 aliphatic rings. The Morgan fingerprint density at radius 2 is 1.72 bits per heavy atom. The van der Waals surface area contributed by atoms with Gasteiger partial charge in [0.05, 0.1) is 0 Å². The van der Waals surface area contributed by atoms with Gasteiger partial charge in [0.2, 0.25) is 5.91 Å². The van der Waals surface area contributed by atoms with Crippen molar-refractivity contribution >= 4 is 30.7 Å². The van der Waals surface area contributed by atoms with Crippen LogP contribution in [0.3, 0.4) is 0 Å². The monoisotopic (exact) mass is 396 g/mol.